The van der Waals surface area contributed by atoms with Crippen molar-refractivity contribution in [3.63, 3.8) is 0 Å². The number of rotatable bonds is 3. The topological polar surface area (TPSA) is 77.7 Å². The predicted octanol–water partition coefficient (Wildman–Crippen LogP) is 4.80. The number of sulfone groups is 1. The van der Waals surface area contributed by atoms with E-state index in [2.05, 4.69) is 0 Å². The van der Waals surface area contributed by atoms with Gasteiger partial charge in [-0.1, -0.05) is 6.07 Å². The number of allylic oxidation sites excluding steroid dienone is 4. The molecule has 0 atom stereocenters. The summed E-state index contributed by atoms with van der Waals surface area (Å²) >= 11 is 0. The molecule has 3 aliphatic heterocycles. The van der Waals surface area contributed by atoms with Crippen molar-refractivity contribution in [2.75, 3.05) is 31.1 Å². The summed E-state index contributed by atoms with van der Waals surface area (Å²) in [6.45, 7) is 0.890. The zero-order valence-corrected chi connectivity index (χ0v) is 22.4. The van der Waals surface area contributed by atoms with Gasteiger partial charge in [-0.25, -0.2) is 44.1 Å². The van der Waals surface area contributed by atoms with Gasteiger partial charge in [-0.15, -0.1) is 0 Å². The lowest BCUT2D eigenvalue weighted by Crippen LogP contribution is -2.56. The van der Waals surface area contributed by atoms with Gasteiger partial charge in [0.05, 0.1) is 22.9 Å². The monoisotopic (exact) mass is 595 g/mol. The van der Waals surface area contributed by atoms with Gasteiger partial charge in [0.25, 0.3) is 5.92 Å². The summed E-state index contributed by atoms with van der Waals surface area (Å²) in [6, 6.07) is 3.63. The second kappa shape index (κ2) is 8.57. The summed E-state index contributed by atoms with van der Waals surface area (Å²) < 4.78 is 116. The molecule has 2 saturated heterocycles. The number of benzene rings is 2. The third kappa shape index (κ3) is 4.03. The van der Waals surface area contributed by atoms with Crippen LogP contribution in [0.5, 0.6) is 0 Å². The summed E-state index contributed by atoms with van der Waals surface area (Å²) in [5.74, 6) is -9.89. The highest BCUT2D eigenvalue weighted by molar-refractivity contribution is 7.95. The molecule has 41 heavy (non-hydrogen) atoms. The molecule has 214 valence electrons. The Labute approximate surface area is 230 Å². The lowest BCUT2D eigenvalue weighted by atomic mass is 9.85. The Morgan fingerprint density at radius 2 is 1.68 bits per heavy atom. The van der Waals surface area contributed by atoms with Crippen LogP contribution in [-0.4, -0.2) is 67.6 Å². The molecule has 2 aromatic rings. The number of hydrogen-bond acceptors (Lipinski definition) is 4. The summed E-state index contributed by atoms with van der Waals surface area (Å²) in [6.07, 6.45) is 3.94. The first-order valence-electron chi connectivity index (χ1n) is 12.4. The number of halogens is 6. The molecule has 0 saturated carbocycles. The third-order valence-corrected chi connectivity index (χ3v) is 9.50. The van der Waals surface area contributed by atoms with E-state index in [1.165, 1.54) is 42.2 Å². The van der Waals surface area contributed by atoms with Crippen molar-refractivity contribution < 1.29 is 49.2 Å². The minimum Gasteiger partial charge on any atom is -0.478 e. The molecule has 13 heteroatoms. The van der Waals surface area contributed by atoms with Crippen molar-refractivity contribution >= 4 is 32.8 Å². The average Bonchev–Trinajstić information content (AvgIpc) is 2.87. The number of aromatic carboxylic acids is 1. The minimum atomic E-state index is -4.45. The SMILES string of the molecule is Cc1c(F)c(F)c(C(=O)O)c(C2=C3C=CC(=[N+]4CC(C)(F)C4)C=C3S(=O)(=O)c3cc(N4CC(F)(F)C4)ccc32)c1F. The predicted molar refractivity (Wildman–Crippen MR) is 137 cm³/mol. The van der Waals surface area contributed by atoms with Gasteiger partial charge in [0.2, 0.25) is 21.2 Å². The van der Waals surface area contributed by atoms with Gasteiger partial charge < -0.3 is 10.0 Å². The van der Waals surface area contributed by atoms with E-state index in [4.69, 9.17) is 0 Å². The van der Waals surface area contributed by atoms with Crippen molar-refractivity contribution in [3.05, 3.63) is 86.6 Å². The van der Waals surface area contributed by atoms with E-state index < -0.39 is 84.4 Å². The van der Waals surface area contributed by atoms with Crippen LogP contribution in [0.15, 0.2) is 51.8 Å². The number of anilines is 1. The van der Waals surface area contributed by atoms with Crippen molar-refractivity contribution in [2.24, 2.45) is 0 Å². The fraction of sp³-hybridized carbons (Fsp3) is 0.286. The Hall–Kier alpha value is -3.87. The zero-order chi connectivity index (χ0) is 29.8. The van der Waals surface area contributed by atoms with Crippen LogP contribution in [0, 0.1) is 24.4 Å². The molecule has 0 spiro atoms. The molecular weight excluding hydrogens is 574 g/mol. The van der Waals surface area contributed by atoms with Crippen LogP contribution in [0.1, 0.15) is 34.0 Å². The van der Waals surface area contributed by atoms with E-state index >= 15 is 8.78 Å². The number of carboxylic acid groups (broad SMARTS) is 1. The van der Waals surface area contributed by atoms with E-state index in [0.717, 1.165) is 13.0 Å². The normalized spacial score (nSPS) is 23.9. The van der Waals surface area contributed by atoms with Gasteiger partial charge in [0.1, 0.15) is 11.4 Å². The zero-order valence-electron chi connectivity index (χ0n) is 21.5. The van der Waals surface area contributed by atoms with Crippen molar-refractivity contribution in [1.29, 1.82) is 0 Å². The van der Waals surface area contributed by atoms with E-state index in [1.54, 1.807) is 4.58 Å². The maximum atomic E-state index is 15.8. The van der Waals surface area contributed by atoms with E-state index in [-0.39, 0.29) is 35.5 Å². The Morgan fingerprint density at radius 3 is 2.27 bits per heavy atom. The van der Waals surface area contributed by atoms with Crippen LogP contribution < -0.4 is 4.90 Å². The van der Waals surface area contributed by atoms with Gasteiger partial charge >= 0.3 is 5.97 Å². The van der Waals surface area contributed by atoms with Gasteiger partial charge in [-0.05, 0) is 32.1 Å². The lowest BCUT2D eigenvalue weighted by molar-refractivity contribution is -0.619. The maximum Gasteiger partial charge on any atom is 0.339 e. The molecular formula is C28H21F6N2O4S+. The summed E-state index contributed by atoms with van der Waals surface area (Å²) in [4.78, 5) is 12.5. The number of nitrogens with zero attached hydrogens (tertiary/aromatic N) is 2. The number of hydrogen-bond donors (Lipinski definition) is 1. The van der Waals surface area contributed by atoms with Crippen LogP contribution in [0.3, 0.4) is 0 Å². The average molecular weight is 596 g/mol. The summed E-state index contributed by atoms with van der Waals surface area (Å²) in [7, 11) is -4.45. The lowest BCUT2D eigenvalue weighted by Gasteiger charge is -2.41. The molecule has 6 rings (SSSR count). The fourth-order valence-corrected chi connectivity index (χ4v) is 7.35. The molecule has 1 N–H and O–H groups in total. The number of carboxylic acids is 1. The fourth-order valence-electron chi connectivity index (χ4n) is 5.65. The Kier molecular flexibility index (Phi) is 5.71. The highest BCUT2D eigenvalue weighted by Gasteiger charge is 2.48. The molecule has 0 unspecified atom stereocenters. The number of fused-ring (bicyclic) bond motifs is 2. The van der Waals surface area contributed by atoms with Crippen LogP contribution in [0.25, 0.3) is 5.57 Å². The van der Waals surface area contributed by atoms with Crippen LogP contribution in [0.4, 0.5) is 32.0 Å². The molecule has 3 heterocycles. The smallest absolute Gasteiger partial charge is 0.339 e. The Morgan fingerprint density at radius 1 is 1.02 bits per heavy atom. The summed E-state index contributed by atoms with van der Waals surface area (Å²) in [5, 5.41) is 9.80. The second-order valence-corrected chi connectivity index (χ2v) is 12.7. The largest absolute Gasteiger partial charge is 0.478 e. The van der Waals surface area contributed by atoms with Crippen LogP contribution >= 0.6 is 0 Å². The van der Waals surface area contributed by atoms with E-state index in [1.807, 2.05) is 0 Å². The van der Waals surface area contributed by atoms with E-state index in [0.29, 0.717) is 5.71 Å². The maximum absolute atomic E-state index is 15.8. The third-order valence-electron chi connectivity index (χ3n) is 7.67. The Balaban J connectivity index is 1.67. The molecule has 2 fully saturated rings. The molecule has 4 aliphatic rings. The number of carbonyl (C=O) groups is 1. The highest BCUT2D eigenvalue weighted by atomic mass is 32.2. The number of alkyl halides is 3. The Bertz CT molecular complexity index is 1820. The first-order valence-corrected chi connectivity index (χ1v) is 13.9. The molecule has 1 aliphatic carbocycles. The van der Waals surface area contributed by atoms with Crippen LogP contribution in [-0.2, 0) is 9.84 Å². The van der Waals surface area contributed by atoms with Gasteiger partial charge in [-0.2, -0.15) is 0 Å². The first kappa shape index (κ1) is 27.3. The van der Waals surface area contributed by atoms with Gasteiger partial charge in [0.15, 0.2) is 24.7 Å². The van der Waals surface area contributed by atoms with E-state index in [9.17, 15) is 35.9 Å². The van der Waals surface area contributed by atoms with Gasteiger partial charge in [-0.3, -0.25) is 0 Å². The van der Waals surface area contributed by atoms with Crippen LogP contribution in [0.2, 0.25) is 0 Å². The molecule has 2 aromatic carbocycles. The molecule has 0 amide bonds. The quantitative estimate of drug-likeness (QED) is 0.314. The van der Waals surface area contributed by atoms with Crippen molar-refractivity contribution in [3.8, 4) is 0 Å². The highest BCUT2D eigenvalue weighted by Crippen LogP contribution is 2.48. The molecule has 6 nitrogen and oxygen atoms in total. The second-order valence-electron chi connectivity index (χ2n) is 10.8. The molecule has 0 aromatic heterocycles. The summed E-state index contributed by atoms with van der Waals surface area (Å²) in [5.41, 5.74) is -4.80. The minimum absolute atomic E-state index is 0.0352. The van der Waals surface area contributed by atoms with Crippen molar-refractivity contribution in [1.82, 2.24) is 0 Å². The standard InChI is InChI=1S/C28H20F6N2O4S/c1-13-23(29)21(22(26(37)38)25(31)24(13)30)20-16-5-3-14(35-9-27(2,32)10-35)7-18(16)41(39,40)19-8-15(4-6-17(19)20)36-11-28(33,34)12-36/h3-8H,9-12H2,1-2H3/p+1. The first-order chi connectivity index (χ1) is 19.0. The van der Waals surface area contributed by atoms with Gasteiger partial charge in [0, 0.05) is 45.7 Å². The molecule has 0 radical (unpaired) electrons. The molecule has 0 bridgehead atoms. The van der Waals surface area contributed by atoms with Crippen molar-refractivity contribution in [2.45, 2.75) is 30.3 Å².